The molecule has 0 aliphatic carbocycles. The highest BCUT2D eigenvalue weighted by Crippen LogP contribution is 2.11. The van der Waals surface area contributed by atoms with Crippen molar-refractivity contribution >= 4 is 10.8 Å². The zero-order valence-electron chi connectivity index (χ0n) is 11.9. The van der Waals surface area contributed by atoms with Gasteiger partial charge in [0.05, 0.1) is 25.2 Å². The van der Waals surface area contributed by atoms with E-state index in [4.69, 9.17) is 4.74 Å². The summed E-state index contributed by atoms with van der Waals surface area (Å²) < 4.78 is 6.46. The summed E-state index contributed by atoms with van der Waals surface area (Å²) in [4.78, 5) is 16.6. The van der Waals surface area contributed by atoms with E-state index in [-0.39, 0.29) is 5.56 Å². The molecule has 0 saturated carbocycles. The van der Waals surface area contributed by atoms with Crippen molar-refractivity contribution in [3.63, 3.8) is 0 Å². The molecule has 0 saturated heterocycles. The van der Waals surface area contributed by atoms with E-state index in [1.165, 1.54) is 4.68 Å². The Hall–Kier alpha value is -2.69. The average molecular weight is 281 g/mol. The van der Waals surface area contributed by atoms with E-state index in [2.05, 4.69) is 10.1 Å². The number of aromatic nitrogens is 3. The molecule has 3 rings (SSSR count). The van der Waals surface area contributed by atoms with E-state index >= 15 is 0 Å². The molecule has 0 radical (unpaired) electrons. The fourth-order valence-corrected chi connectivity index (χ4v) is 2.22. The number of methoxy groups -OCH3 is 1. The van der Waals surface area contributed by atoms with Crippen LogP contribution in [0.3, 0.4) is 0 Å². The summed E-state index contributed by atoms with van der Waals surface area (Å²) in [6.07, 6.45) is 3.41. The summed E-state index contributed by atoms with van der Waals surface area (Å²) in [7, 11) is 1.57. The number of rotatable bonds is 3. The van der Waals surface area contributed by atoms with Crippen LogP contribution in [0.5, 0.6) is 5.88 Å². The Labute approximate surface area is 121 Å². The number of hydrogen-bond donors (Lipinski definition) is 0. The molecule has 0 aliphatic heterocycles. The summed E-state index contributed by atoms with van der Waals surface area (Å²) in [5.74, 6) is 0.549. The van der Waals surface area contributed by atoms with Gasteiger partial charge in [0.1, 0.15) is 0 Å². The van der Waals surface area contributed by atoms with Crippen molar-refractivity contribution in [2.45, 2.75) is 13.5 Å². The monoisotopic (exact) mass is 281 g/mol. The van der Waals surface area contributed by atoms with E-state index in [1.807, 2.05) is 31.2 Å². The number of benzene rings is 1. The molecule has 3 aromatic rings. The smallest absolute Gasteiger partial charge is 0.274 e. The topological polar surface area (TPSA) is 57.0 Å². The third-order valence-electron chi connectivity index (χ3n) is 3.35. The highest BCUT2D eigenvalue weighted by molar-refractivity contribution is 5.81. The molecule has 2 heterocycles. The highest BCUT2D eigenvalue weighted by atomic mass is 16.5. The van der Waals surface area contributed by atoms with Gasteiger partial charge in [0.25, 0.3) is 5.56 Å². The molecule has 0 amide bonds. The van der Waals surface area contributed by atoms with E-state index in [9.17, 15) is 4.79 Å². The van der Waals surface area contributed by atoms with Crippen LogP contribution in [0, 0.1) is 6.92 Å². The largest absolute Gasteiger partial charge is 0.481 e. The van der Waals surface area contributed by atoms with Gasteiger partial charge >= 0.3 is 0 Å². The van der Waals surface area contributed by atoms with Crippen molar-refractivity contribution in [3.05, 3.63) is 64.2 Å². The number of hydrogen-bond acceptors (Lipinski definition) is 4. The molecule has 0 N–H and O–H groups in total. The van der Waals surface area contributed by atoms with Gasteiger partial charge in [-0.2, -0.15) is 5.10 Å². The second-order valence-corrected chi connectivity index (χ2v) is 4.91. The number of pyridine rings is 1. The zero-order chi connectivity index (χ0) is 14.8. The van der Waals surface area contributed by atoms with E-state index in [1.54, 1.807) is 25.6 Å². The van der Waals surface area contributed by atoms with Crippen LogP contribution in [0.25, 0.3) is 10.8 Å². The van der Waals surface area contributed by atoms with Crippen molar-refractivity contribution in [2.75, 3.05) is 7.11 Å². The van der Waals surface area contributed by atoms with Crippen LogP contribution in [0.4, 0.5) is 0 Å². The molecule has 0 spiro atoms. The molecule has 5 nitrogen and oxygen atoms in total. The second kappa shape index (κ2) is 5.36. The van der Waals surface area contributed by atoms with Gasteiger partial charge in [0, 0.05) is 17.6 Å². The summed E-state index contributed by atoms with van der Waals surface area (Å²) in [5.41, 5.74) is 1.92. The molecule has 5 heteroatoms. The minimum atomic E-state index is -0.0941. The van der Waals surface area contributed by atoms with E-state index in [0.717, 1.165) is 16.5 Å². The SMILES string of the molecule is COc1ccc(Cn2ncc3cc(C)ccc3c2=O)cn1. The molecular weight excluding hydrogens is 266 g/mol. The standard InChI is InChI=1S/C16H15N3O2/c1-11-3-5-14-13(7-11)9-18-19(16(14)20)10-12-4-6-15(21-2)17-8-12/h3-9H,10H2,1-2H3. The lowest BCUT2D eigenvalue weighted by Crippen LogP contribution is -2.23. The Balaban J connectivity index is 1.98. The van der Waals surface area contributed by atoms with Gasteiger partial charge in [-0.15, -0.1) is 0 Å². The van der Waals surface area contributed by atoms with Crippen molar-refractivity contribution < 1.29 is 4.74 Å². The maximum atomic E-state index is 12.4. The second-order valence-electron chi connectivity index (χ2n) is 4.91. The van der Waals surface area contributed by atoms with E-state index in [0.29, 0.717) is 17.8 Å². The molecule has 2 aromatic heterocycles. The van der Waals surface area contributed by atoms with E-state index < -0.39 is 0 Å². The summed E-state index contributed by atoms with van der Waals surface area (Å²) in [6.45, 7) is 2.38. The Bertz CT molecular complexity index is 838. The van der Waals surface area contributed by atoms with Crippen LogP contribution in [0.1, 0.15) is 11.1 Å². The van der Waals surface area contributed by atoms with Crippen molar-refractivity contribution in [3.8, 4) is 5.88 Å². The molecular formula is C16H15N3O2. The third kappa shape index (κ3) is 2.63. The summed E-state index contributed by atoms with van der Waals surface area (Å²) in [5, 5.41) is 5.77. The predicted molar refractivity (Wildman–Crippen MR) is 80.6 cm³/mol. The Kier molecular flexibility index (Phi) is 3.39. The number of aryl methyl sites for hydroxylation is 1. The number of ether oxygens (including phenoxy) is 1. The van der Waals surface area contributed by atoms with Gasteiger partial charge in [-0.25, -0.2) is 9.67 Å². The first-order chi connectivity index (χ1) is 10.2. The van der Waals surface area contributed by atoms with Crippen LogP contribution in [-0.4, -0.2) is 21.9 Å². The predicted octanol–water partition coefficient (Wildman–Crippen LogP) is 2.16. The number of fused-ring (bicyclic) bond motifs is 1. The first kappa shape index (κ1) is 13.3. The molecule has 106 valence electrons. The Morgan fingerprint density at radius 3 is 2.76 bits per heavy atom. The normalized spacial score (nSPS) is 10.8. The summed E-state index contributed by atoms with van der Waals surface area (Å²) >= 11 is 0. The Morgan fingerprint density at radius 2 is 2.05 bits per heavy atom. The molecule has 0 unspecified atom stereocenters. The fourth-order valence-electron chi connectivity index (χ4n) is 2.22. The lowest BCUT2D eigenvalue weighted by atomic mass is 10.1. The quantitative estimate of drug-likeness (QED) is 0.738. The lowest BCUT2D eigenvalue weighted by molar-refractivity contribution is 0.397. The van der Waals surface area contributed by atoms with Crippen molar-refractivity contribution in [1.29, 1.82) is 0 Å². The third-order valence-corrected chi connectivity index (χ3v) is 3.35. The first-order valence-corrected chi connectivity index (χ1v) is 6.63. The molecule has 21 heavy (non-hydrogen) atoms. The van der Waals surface area contributed by atoms with Crippen LogP contribution >= 0.6 is 0 Å². The van der Waals surface area contributed by atoms with Crippen molar-refractivity contribution in [1.82, 2.24) is 14.8 Å². The minimum absolute atomic E-state index is 0.0941. The van der Waals surface area contributed by atoms with Gasteiger partial charge < -0.3 is 4.74 Å². The van der Waals surface area contributed by atoms with Gasteiger partial charge in [0.2, 0.25) is 5.88 Å². The first-order valence-electron chi connectivity index (χ1n) is 6.63. The van der Waals surface area contributed by atoms with Crippen LogP contribution in [0.2, 0.25) is 0 Å². The maximum absolute atomic E-state index is 12.4. The van der Waals surface area contributed by atoms with Crippen LogP contribution in [0.15, 0.2) is 47.5 Å². The molecule has 0 bridgehead atoms. The molecule has 0 aliphatic rings. The summed E-state index contributed by atoms with van der Waals surface area (Å²) in [6, 6.07) is 9.38. The zero-order valence-corrected chi connectivity index (χ0v) is 11.9. The highest BCUT2D eigenvalue weighted by Gasteiger charge is 2.05. The van der Waals surface area contributed by atoms with Gasteiger partial charge in [-0.1, -0.05) is 17.7 Å². The fraction of sp³-hybridized carbons (Fsp3) is 0.188. The minimum Gasteiger partial charge on any atom is -0.481 e. The number of nitrogens with zero attached hydrogens (tertiary/aromatic N) is 3. The van der Waals surface area contributed by atoms with Gasteiger partial charge in [-0.3, -0.25) is 4.79 Å². The van der Waals surface area contributed by atoms with Crippen LogP contribution in [-0.2, 0) is 6.54 Å². The lowest BCUT2D eigenvalue weighted by Gasteiger charge is -2.07. The van der Waals surface area contributed by atoms with Crippen LogP contribution < -0.4 is 10.3 Å². The maximum Gasteiger partial charge on any atom is 0.274 e. The van der Waals surface area contributed by atoms with Crippen molar-refractivity contribution in [2.24, 2.45) is 0 Å². The molecule has 1 aromatic carbocycles. The molecule has 0 fully saturated rings. The van der Waals surface area contributed by atoms with Gasteiger partial charge in [-0.05, 0) is 24.6 Å². The molecule has 0 atom stereocenters. The average Bonchev–Trinajstić information content (AvgIpc) is 2.51. The van der Waals surface area contributed by atoms with Gasteiger partial charge in [0.15, 0.2) is 0 Å². The Morgan fingerprint density at radius 1 is 1.19 bits per heavy atom.